The number of hydrogen-bond acceptors (Lipinski definition) is 3. The minimum atomic E-state index is -0.717. The van der Waals surface area contributed by atoms with Crippen LogP contribution in [0.3, 0.4) is 0 Å². The van der Waals surface area contributed by atoms with Crippen molar-refractivity contribution < 1.29 is 14.6 Å². The van der Waals surface area contributed by atoms with E-state index in [1.807, 2.05) is 69.3 Å². The van der Waals surface area contributed by atoms with E-state index in [0.717, 1.165) is 28.1 Å². The highest BCUT2D eigenvalue weighted by molar-refractivity contribution is 6.01. The Morgan fingerprint density at radius 1 is 1.20 bits per heavy atom. The Labute approximate surface area is 147 Å². The van der Waals surface area contributed by atoms with Crippen molar-refractivity contribution in [1.82, 2.24) is 0 Å². The Morgan fingerprint density at radius 3 is 2.60 bits per heavy atom. The molecule has 0 saturated carbocycles. The number of aliphatic hydroxyl groups is 1. The molecule has 0 aromatic heterocycles. The Balaban J connectivity index is 1.85. The van der Waals surface area contributed by atoms with Gasteiger partial charge in [-0.2, -0.15) is 0 Å². The lowest BCUT2D eigenvalue weighted by atomic mass is 9.95. The maximum Gasteiger partial charge on any atom is 0.323 e. The van der Waals surface area contributed by atoms with Gasteiger partial charge in [-0.1, -0.05) is 24.3 Å². The number of hydrogen-bond donors (Lipinski definition) is 3. The zero-order valence-electron chi connectivity index (χ0n) is 14.6. The molecule has 0 aliphatic carbocycles. The van der Waals surface area contributed by atoms with Gasteiger partial charge in [0.1, 0.15) is 11.4 Å². The highest BCUT2D eigenvalue weighted by Gasteiger charge is 2.28. The van der Waals surface area contributed by atoms with E-state index in [1.165, 1.54) is 0 Å². The Morgan fingerprint density at radius 2 is 1.92 bits per heavy atom. The molecule has 130 valence electrons. The number of benzene rings is 2. The SMILES string of the molecule is Cc1cc2c(c(C)c1NC(=O)Nc1ccccc1)C=CC(C)(CO)O2. The summed E-state index contributed by atoms with van der Waals surface area (Å²) in [6.45, 7) is 5.60. The first-order valence-electron chi connectivity index (χ1n) is 8.18. The van der Waals surface area contributed by atoms with Crippen LogP contribution < -0.4 is 15.4 Å². The molecule has 2 aromatic rings. The van der Waals surface area contributed by atoms with Crippen LogP contribution in [0.1, 0.15) is 23.6 Å². The minimum absolute atomic E-state index is 0.0967. The van der Waals surface area contributed by atoms with E-state index in [0.29, 0.717) is 5.75 Å². The molecule has 5 heteroatoms. The summed E-state index contributed by atoms with van der Waals surface area (Å²) < 4.78 is 5.92. The van der Waals surface area contributed by atoms with Crippen molar-refractivity contribution in [2.45, 2.75) is 26.4 Å². The summed E-state index contributed by atoms with van der Waals surface area (Å²) in [7, 11) is 0. The number of amides is 2. The van der Waals surface area contributed by atoms with Crippen molar-refractivity contribution in [3.05, 3.63) is 59.2 Å². The van der Waals surface area contributed by atoms with Crippen molar-refractivity contribution >= 4 is 23.5 Å². The second-order valence-electron chi connectivity index (χ2n) is 6.46. The van der Waals surface area contributed by atoms with Gasteiger partial charge in [-0.25, -0.2) is 4.79 Å². The zero-order chi connectivity index (χ0) is 18.0. The smallest absolute Gasteiger partial charge is 0.323 e. The van der Waals surface area contributed by atoms with Gasteiger partial charge in [-0.05, 0) is 56.2 Å². The summed E-state index contributed by atoms with van der Waals surface area (Å²) in [5.41, 5.74) is 3.50. The van der Waals surface area contributed by atoms with Crippen molar-refractivity contribution in [2.75, 3.05) is 17.2 Å². The average Bonchev–Trinajstić information content (AvgIpc) is 2.59. The largest absolute Gasteiger partial charge is 0.480 e. The average molecular weight is 338 g/mol. The van der Waals surface area contributed by atoms with Gasteiger partial charge in [-0.15, -0.1) is 0 Å². The molecule has 0 radical (unpaired) electrons. The fourth-order valence-electron chi connectivity index (χ4n) is 2.87. The van der Waals surface area contributed by atoms with Gasteiger partial charge >= 0.3 is 6.03 Å². The second-order valence-corrected chi connectivity index (χ2v) is 6.46. The van der Waals surface area contributed by atoms with E-state index in [4.69, 9.17) is 4.74 Å². The molecule has 25 heavy (non-hydrogen) atoms. The molecular weight excluding hydrogens is 316 g/mol. The molecule has 1 unspecified atom stereocenters. The molecular formula is C20H22N2O3. The number of para-hydroxylation sites is 1. The fourth-order valence-corrected chi connectivity index (χ4v) is 2.87. The quantitative estimate of drug-likeness (QED) is 0.789. The van der Waals surface area contributed by atoms with Crippen LogP contribution in [0.5, 0.6) is 5.75 Å². The first-order chi connectivity index (χ1) is 11.9. The number of anilines is 2. The number of aryl methyl sites for hydroxylation is 1. The number of urea groups is 1. The molecule has 0 spiro atoms. The molecule has 1 aliphatic heterocycles. The maximum atomic E-state index is 12.3. The molecule has 1 atom stereocenters. The highest BCUT2D eigenvalue weighted by Crippen LogP contribution is 2.38. The Hall–Kier alpha value is -2.79. The van der Waals surface area contributed by atoms with Crippen LogP contribution in [0, 0.1) is 13.8 Å². The van der Waals surface area contributed by atoms with Crippen molar-refractivity contribution in [3.63, 3.8) is 0 Å². The molecule has 5 nitrogen and oxygen atoms in total. The standard InChI is InChI=1S/C20H22N2O3/c1-13-11-17-16(9-10-20(3,12-23)25-17)14(2)18(13)22-19(24)21-15-7-5-4-6-8-15/h4-11,23H,12H2,1-3H3,(H2,21,22,24). The summed E-state index contributed by atoms with van der Waals surface area (Å²) in [4.78, 5) is 12.3. The van der Waals surface area contributed by atoms with E-state index >= 15 is 0 Å². The van der Waals surface area contributed by atoms with Crippen LogP contribution in [0.4, 0.5) is 16.2 Å². The van der Waals surface area contributed by atoms with Crippen molar-refractivity contribution in [2.24, 2.45) is 0 Å². The van der Waals surface area contributed by atoms with Gasteiger partial charge in [0.2, 0.25) is 0 Å². The minimum Gasteiger partial charge on any atom is -0.480 e. The van der Waals surface area contributed by atoms with Crippen LogP contribution in [0.15, 0.2) is 42.5 Å². The first-order valence-corrected chi connectivity index (χ1v) is 8.18. The van der Waals surface area contributed by atoms with Crippen LogP contribution in [0.2, 0.25) is 0 Å². The lowest BCUT2D eigenvalue weighted by molar-refractivity contribution is 0.0640. The molecule has 0 fully saturated rings. The number of carbonyl (C=O) groups is 1. The Kier molecular flexibility index (Phi) is 4.51. The summed E-state index contributed by atoms with van der Waals surface area (Å²) >= 11 is 0. The predicted molar refractivity (Wildman–Crippen MR) is 100 cm³/mol. The summed E-state index contributed by atoms with van der Waals surface area (Å²) in [6.07, 6.45) is 3.77. The van der Waals surface area contributed by atoms with Crippen LogP contribution in [-0.2, 0) is 0 Å². The molecule has 0 bridgehead atoms. The third-order valence-corrected chi connectivity index (χ3v) is 4.32. The van der Waals surface area contributed by atoms with E-state index in [2.05, 4.69) is 10.6 Å². The monoisotopic (exact) mass is 338 g/mol. The lowest BCUT2D eigenvalue weighted by Crippen LogP contribution is -2.36. The molecule has 0 saturated heterocycles. The summed E-state index contributed by atoms with van der Waals surface area (Å²) in [5.74, 6) is 0.711. The van der Waals surface area contributed by atoms with Gasteiger partial charge in [0, 0.05) is 16.9 Å². The third-order valence-electron chi connectivity index (χ3n) is 4.32. The van der Waals surface area contributed by atoms with E-state index < -0.39 is 5.60 Å². The van der Waals surface area contributed by atoms with Crippen LogP contribution >= 0.6 is 0 Å². The normalized spacial score (nSPS) is 18.2. The molecule has 1 heterocycles. The highest BCUT2D eigenvalue weighted by atomic mass is 16.5. The van der Waals surface area contributed by atoms with Gasteiger partial charge in [0.15, 0.2) is 0 Å². The number of aliphatic hydroxyl groups excluding tert-OH is 1. The zero-order valence-corrected chi connectivity index (χ0v) is 14.6. The lowest BCUT2D eigenvalue weighted by Gasteiger charge is -2.31. The predicted octanol–water partition coefficient (Wildman–Crippen LogP) is 4.10. The summed E-state index contributed by atoms with van der Waals surface area (Å²) in [6, 6.07) is 10.9. The van der Waals surface area contributed by atoms with Crippen molar-refractivity contribution in [1.29, 1.82) is 0 Å². The molecule has 2 aromatic carbocycles. The van der Waals surface area contributed by atoms with Crippen LogP contribution in [-0.4, -0.2) is 23.3 Å². The van der Waals surface area contributed by atoms with Gasteiger partial charge < -0.3 is 20.5 Å². The molecule has 2 amide bonds. The third kappa shape index (κ3) is 3.51. The van der Waals surface area contributed by atoms with Gasteiger partial charge in [-0.3, -0.25) is 0 Å². The van der Waals surface area contributed by atoms with Crippen LogP contribution in [0.25, 0.3) is 6.08 Å². The molecule has 3 N–H and O–H groups in total. The second kappa shape index (κ2) is 6.61. The number of carbonyl (C=O) groups excluding carboxylic acids is 1. The number of rotatable bonds is 3. The van der Waals surface area contributed by atoms with Gasteiger partial charge in [0.05, 0.1) is 6.61 Å². The number of ether oxygens (including phenoxy) is 1. The number of nitrogens with one attached hydrogen (secondary N) is 2. The van der Waals surface area contributed by atoms with E-state index in [9.17, 15) is 9.90 Å². The molecule has 1 aliphatic rings. The van der Waals surface area contributed by atoms with Gasteiger partial charge in [0.25, 0.3) is 0 Å². The number of fused-ring (bicyclic) bond motifs is 1. The fraction of sp³-hybridized carbons (Fsp3) is 0.250. The molecule has 3 rings (SSSR count). The first kappa shape index (κ1) is 17.0. The Bertz CT molecular complexity index is 831. The topological polar surface area (TPSA) is 70.6 Å². The van der Waals surface area contributed by atoms with E-state index in [1.54, 1.807) is 0 Å². The summed E-state index contributed by atoms with van der Waals surface area (Å²) in [5, 5.41) is 15.2. The maximum absolute atomic E-state index is 12.3. The van der Waals surface area contributed by atoms with Crippen molar-refractivity contribution in [3.8, 4) is 5.75 Å². The van der Waals surface area contributed by atoms with E-state index in [-0.39, 0.29) is 12.6 Å².